The van der Waals surface area contributed by atoms with E-state index in [2.05, 4.69) is 56.8 Å². The van der Waals surface area contributed by atoms with Gasteiger partial charge in [-0.1, -0.05) is 25.1 Å². The molecule has 1 N–H and O–H groups in total. The minimum atomic E-state index is -0.395. The molecule has 0 radical (unpaired) electrons. The van der Waals surface area contributed by atoms with Crippen molar-refractivity contribution in [2.45, 2.75) is 33.3 Å². The third kappa shape index (κ3) is 5.61. The van der Waals surface area contributed by atoms with Gasteiger partial charge in [-0.15, -0.1) is 0 Å². The Morgan fingerprint density at radius 2 is 1.80 bits per heavy atom. The van der Waals surface area contributed by atoms with Gasteiger partial charge in [0.25, 0.3) is 0 Å². The Morgan fingerprint density at radius 1 is 1.10 bits per heavy atom. The van der Waals surface area contributed by atoms with Crippen LogP contribution in [-0.2, 0) is 0 Å². The number of benzene rings is 1. The number of nitrogens with zero attached hydrogens (tertiary/aromatic N) is 2. The maximum atomic E-state index is 10.4. The molecule has 3 heteroatoms. The van der Waals surface area contributed by atoms with Crippen LogP contribution in [0.5, 0.6) is 0 Å². The summed E-state index contributed by atoms with van der Waals surface area (Å²) >= 11 is 0. The zero-order valence-corrected chi connectivity index (χ0v) is 13.7. The SMILES string of the molecule is CCN(CCCN(C)C)CC(O)c1ccc(C)c(C)c1. The number of hydrogen-bond acceptors (Lipinski definition) is 3. The topological polar surface area (TPSA) is 26.7 Å². The molecular formula is C17H30N2O. The molecule has 1 atom stereocenters. The van der Waals surface area contributed by atoms with Crippen molar-refractivity contribution in [1.29, 1.82) is 0 Å². The highest BCUT2D eigenvalue weighted by Crippen LogP contribution is 2.18. The first-order valence-electron chi connectivity index (χ1n) is 7.56. The fourth-order valence-electron chi connectivity index (χ4n) is 2.31. The van der Waals surface area contributed by atoms with Gasteiger partial charge in [-0.2, -0.15) is 0 Å². The Kier molecular flexibility index (Phi) is 7.20. The van der Waals surface area contributed by atoms with Gasteiger partial charge in [-0.05, 0) is 70.7 Å². The minimum absolute atomic E-state index is 0.395. The molecular weight excluding hydrogens is 248 g/mol. The molecule has 0 fully saturated rings. The average molecular weight is 278 g/mol. The monoisotopic (exact) mass is 278 g/mol. The summed E-state index contributed by atoms with van der Waals surface area (Å²) in [4.78, 5) is 4.52. The zero-order valence-electron chi connectivity index (χ0n) is 13.7. The van der Waals surface area contributed by atoms with Crippen LogP contribution in [0, 0.1) is 13.8 Å². The Hall–Kier alpha value is -0.900. The van der Waals surface area contributed by atoms with Gasteiger partial charge < -0.3 is 14.9 Å². The first-order valence-corrected chi connectivity index (χ1v) is 7.56. The van der Waals surface area contributed by atoms with E-state index in [1.807, 2.05) is 6.07 Å². The van der Waals surface area contributed by atoms with Crippen molar-refractivity contribution < 1.29 is 5.11 Å². The summed E-state index contributed by atoms with van der Waals surface area (Å²) < 4.78 is 0. The molecule has 0 amide bonds. The summed E-state index contributed by atoms with van der Waals surface area (Å²) in [6, 6.07) is 6.24. The van der Waals surface area contributed by atoms with Gasteiger partial charge in [0.05, 0.1) is 6.10 Å². The third-order valence-electron chi connectivity index (χ3n) is 3.87. The summed E-state index contributed by atoms with van der Waals surface area (Å²) in [6.07, 6.45) is 0.745. The highest BCUT2D eigenvalue weighted by atomic mass is 16.3. The average Bonchev–Trinajstić information content (AvgIpc) is 2.40. The van der Waals surface area contributed by atoms with Crippen LogP contribution in [0.15, 0.2) is 18.2 Å². The van der Waals surface area contributed by atoms with E-state index >= 15 is 0 Å². The Balaban J connectivity index is 2.53. The van der Waals surface area contributed by atoms with Crippen LogP contribution >= 0.6 is 0 Å². The van der Waals surface area contributed by atoms with Crippen LogP contribution in [-0.4, -0.2) is 55.2 Å². The highest BCUT2D eigenvalue weighted by Gasteiger charge is 2.13. The van der Waals surface area contributed by atoms with Gasteiger partial charge >= 0.3 is 0 Å². The molecule has 20 heavy (non-hydrogen) atoms. The van der Waals surface area contributed by atoms with Gasteiger partial charge in [0.15, 0.2) is 0 Å². The van der Waals surface area contributed by atoms with E-state index in [0.29, 0.717) is 6.54 Å². The molecule has 1 aromatic carbocycles. The number of aryl methyl sites for hydroxylation is 2. The van der Waals surface area contributed by atoms with E-state index in [4.69, 9.17) is 0 Å². The van der Waals surface area contributed by atoms with E-state index < -0.39 is 6.10 Å². The summed E-state index contributed by atoms with van der Waals surface area (Å²) in [6.45, 7) is 10.2. The number of aliphatic hydroxyl groups excluding tert-OH is 1. The molecule has 0 saturated carbocycles. The molecule has 0 spiro atoms. The van der Waals surface area contributed by atoms with Gasteiger partial charge in [-0.25, -0.2) is 0 Å². The fraction of sp³-hybridized carbons (Fsp3) is 0.647. The first kappa shape index (κ1) is 17.2. The molecule has 0 aliphatic rings. The second-order valence-electron chi connectivity index (χ2n) is 5.91. The molecule has 0 aromatic heterocycles. The van der Waals surface area contributed by atoms with Gasteiger partial charge in [-0.3, -0.25) is 0 Å². The van der Waals surface area contributed by atoms with E-state index in [9.17, 15) is 5.11 Å². The standard InChI is InChI=1S/C17H30N2O/c1-6-19(11-7-10-18(4)5)13-17(20)16-9-8-14(2)15(3)12-16/h8-9,12,17,20H,6-7,10-11,13H2,1-5H3. The largest absolute Gasteiger partial charge is 0.387 e. The number of likely N-dealkylation sites (N-methyl/N-ethyl adjacent to an activating group) is 1. The number of rotatable bonds is 8. The maximum absolute atomic E-state index is 10.4. The van der Waals surface area contributed by atoms with Crippen molar-refractivity contribution in [3.63, 3.8) is 0 Å². The van der Waals surface area contributed by atoms with Crippen molar-refractivity contribution in [2.75, 3.05) is 40.3 Å². The van der Waals surface area contributed by atoms with Crippen molar-refractivity contribution in [3.8, 4) is 0 Å². The summed E-state index contributed by atoms with van der Waals surface area (Å²) in [7, 11) is 4.19. The maximum Gasteiger partial charge on any atom is 0.0917 e. The Bertz CT molecular complexity index is 404. The van der Waals surface area contributed by atoms with E-state index in [-0.39, 0.29) is 0 Å². The number of aliphatic hydroxyl groups is 1. The van der Waals surface area contributed by atoms with Crippen LogP contribution < -0.4 is 0 Å². The lowest BCUT2D eigenvalue weighted by molar-refractivity contribution is 0.114. The Labute approximate surface area is 124 Å². The minimum Gasteiger partial charge on any atom is -0.387 e. The fourth-order valence-corrected chi connectivity index (χ4v) is 2.31. The normalized spacial score (nSPS) is 13.2. The van der Waals surface area contributed by atoms with Crippen LogP contribution in [0.1, 0.15) is 36.1 Å². The van der Waals surface area contributed by atoms with Crippen molar-refractivity contribution >= 4 is 0 Å². The predicted molar refractivity (Wildman–Crippen MR) is 86.2 cm³/mol. The van der Waals surface area contributed by atoms with E-state index in [0.717, 1.165) is 31.6 Å². The van der Waals surface area contributed by atoms with Gasteiger partial charge in [0, 0.05) is 6.54 Å². The van der Waals surface area contributed by atoms with Crippen LogP contribution in [0.25, 0.3) is 0 Å². The van der Waals surface area contributed by atoms with E-state index in [1.165, 1.54) is 11.1 Å². The smallest absolute Gasteiger partial charge is 0.0917 e. The lowest BCUT2D eigenvalue weighted by Crippen LogP contribution is -2.31. The molecule has 1 unspecified atom stereocenters. The second-order valence-corrected chi connectivity index (χ2v) is 5.91. The molecule has 0 saturated heterocycles. The molecule has 114 valence electrons. The summed E-state index contributed by atoms with van der Waals surface area (Å²) in [5.41, 5.74) is 3.55. The van der Waals surface area contributed by atoms with E-state index in [1.54, 1.807) is 0 Å². The van der Waals surface area contributed by atoms with Gasteiger partial charge in [0.1, 0.15) is 0 Å². The van der Waals surface area contributed by atoms with Crippen molar-refractivity contribution in [1.82, 2.24) is 9.80 Å². The summed E-state index contributed by atoms with van der Waals surface area (Å²) in [5.74, 6) is 0. The molecule has 1 aromatic rings. The quantitative estimate of drug-likeness (QED) is 0.792. The predicted octanol–water partition coefficient (Wildman–Crippen LogP) is 2.61. The zero-order chi connectivity index (χ0) is 15.1. The summed E-state index contributed by atoms with van der Waals surface area (Å²) in [5, 5.41) is 10.4. The van der Waals surface area contributed by atoms with Crippen LogP contribution in [0.2, 0.25) is 0 Å². The third-order valence-corrected chi connectivity index (χ3v) is 3.87. The highest BCUT2D eigenvalue weighted by molar-refractivity contribution is 5.31. The molecule has 3 nitrogen and oxygen atoms in total. The lowest BCUT2D eigenvalue weighted by atomic mass is 10.0. The molecule has 0 aliphatic carbocycles. The van der Waals surface area contributed by atoms with Gasteiger partial charge in [0.2, 0.25) is 0 Å². The molecule has 0 aliphatic heterocycles. The molecule has 1 rings (SSSR count). The lowest BCUT2D eigenvalue weighted by Gasteiger charge is -2.24. The molecule has 0 heterocycles. The van der Waals surface area contributed by atoms with Crippen LogP contribution in [0.3, 0.4) is 0 Å². The number of hydrogen-bond donors (Lipinski definition) is 1. The Morgan fingerprint density at radius 3 is 2.35 bits per heavy atom. The second kappa shape index (κ2) is 8.40. The van der Waals surface area contributed by atoms with Crippen molar-refractivity contribution in [2.24, 2.45) is 0 Å². The first-order chi connectivity index (χ1) is 9.43. The van der Waals surface area contributed by atoms with Crippen molar-refractivity contribution in [3.05, 3.63) is 34.9 Å². The van der Waals surface area contributed by atoms with Crippen LogP contribution in [0.4, 0.5) is 0 Å². The molecule has 0 bridgehead atoms.